The first-order valence-electron chi connectivity index (χ1n) is 7.95. The summed E-state index contributed by atoms with van der Waals surface area (Å²) in [6.45, 7) is -0.0214. The number of likely N-dealkylation sites (N-methyl/N-ethyl adjacent to an activating group) is 1. The molecule has 1 N–H and O–H groups in total. The van der Waals surface area contributed by atoms with Gasteiger partial charge < -0.3 is 10.2 Å². The molecule has 2 aromatic rings. The molecule has 0 unspecified atom stereocenters. The summed E-state index contributed by atoms with van der Waals surface area (Å²) in [5.41, 5.74) is 1.96. The van der Waals surface area contributed by atoms with Crippen molar-refractivity contribution in [3.8, 4) is 0 Å². The fourth-order valence-corrected chi connectivity index (χ4v) is 3.37. The summed E-state index contributed by atoms with van der Waals surface area (Å²) >= 11 is 0. The molecule has 0 aromatic heterocycles. The monoisotopic (exact) mass is 379 g/mol. The van der Waals surface area contributed by atoms with Crippen LogP contribution >= 0.6 is 0 Å². The summed E-state index contributed by atoms with van der Waals surface area (Å²) in [6.07, 6.45) is 0. The summed E-state index contributed by atoms with van der Waals surface area (Å²) < 4.78 is 38.6. The largest absolute Gasteiger partial charge is 0.378 e. The molecule has 6 nitrogen and oxygen atoms in total. The Hall–Kier alpha value is -2.45. The molecule has 0 aliphatic rings. The smallest absolute Gasteiger partial charge is 0.243 e. The maximum Gasteiger partial charge on any atom is 0.243 e. The third-order valence-electron chi connectivity index (χ3n) is 3.83. The van der Waals surface area contributed by atoms with Gasteiger partial charge in [0.05, 0.1) is 11.4 Å². The van der Waals surface area contributed by atoms with Crippen molar-refractivity contribution >= 4 is 21.6 Å². The Morgan fingerprint density at radius 3 is 2.12 bits per heavy atom. The Kier molecular flexibility index (Phi) is 6.33. The molecule has 0 saturated carbocycles. The second-order valence-corrected chi connectivity index (χ2v) is 8.10. The quantitative estimate of drug-likeness (QED) is 0.797. The van der Waals surface area contributed by atoms with E-state index in [1.54, 1.807) is 0 Å². The van der Waals surface area contributed by atoms with Crippen LogP contribution in [0.15, 0.2) is 53.4 Å². The number of nitrogens with zero attached hydrogens (tertiary/aromatic N) is 2. The van der Waals surface area contributed by atoms with Crippen LogP contribution in [0, 0.1) is 5.82 Å². The Morgan fingerprint density at radius 2 is 1.58 bits per heavy atom. The lowest BCUT2D eigenvalue weighted by Crippen LogP contribution is -2.38. The topological polar surface area (TPSA) is 69.7 Å². The SMILES string of the molecule is CN(C)c1ccc(CNC(=O)CN(C)S(=O)(=O)c2ccc(F)cc2)cc1. The predicted molar refractivity (Wildman–Crippen MR) is 98.8 cm³/mol. The average molecular weight is 379 g/mol. The lowest BCUT2D eigenvalue weighted by Gasteiger charge is -2.17. The van der Waals surface area contributed by atoms with Crippen LogP contribution in [-0.4, -0.2) is 46.3 Å². The fraction of sp³-hybridized carbons (Fsp3) is 0.278. The van der Waals surface area contributed by atoms with Gasteiger partial charge in [0.15, 0.2) is 0 Å². The summed E-state index contributed by atoms with van der Waals surface area (Å²) in [5.74, 6) is -0.945. The number of amides is 1. The summed E-state index contributed by atoms with van der Waals surface area (Å²) in [5, 5.41) is 2.69. The van der Waals surface area contributed by atoms with Crippen molar-refractivity contribution in [2.24, 2.45) is 0 Å². The van der Waals surface area contributed by atoms with E-state index in [0.29, 0.717) is 6.54 Å². The number of anilines is 1. The molecule has 0 saturated heterocycles. The first-order chi connectivity index (χ1) is 12.2. The van der Waals surface area contributed by atoms with Gasteiger partial charge in [-0.05, 0) is 42.0 Å². The minimum absolute atomic E-state index is 0.0616. The zero-order valence-electron chi connectivity index (χ0n) is 14.9. The molecule has 0 radical (unpaired) electrons. The number of sulfonamides is 1. The highest BCUT2D eigenvalue weighted by molar-refractivity contribution is 7.89. The van der Waals surface area contributed by atoms with Crippen LogP contribution in [0.5, 0.6) is 0 Å². The molecule has 0 heterocycles. The van der Waals surface area contributed by atoms with Crippen molar-refractivity contribution in [2.75, 3.05) is 32.6 Å². The molecule has 0 spiro atoms. The molecule has 2 aromatic carbocycles. The predicted octanol–water partition coefficient (Wildman–Crippen LogP) is 1.83. The van der Waals surface area contributed by atoms with Gasteiger partial charge in [-0.25, -0.2) is 12.8 Å². The van der Waals surface area contributed by atoms with Gasteiger partial charge in [-0.15, -0.1) is 0 Å². The number of rotatable bonds is 7. The summed E-state index contributed by atoms with van der Waals surface area (Å²) in [4.78, 5) is 14.0. The zero-order chi connectivity index (χ0) is 19.3. The number of benzene rings is 2. The Morgan fingerprint density at radius 1 is 1.00 bits per heavy atom. The molecule has 0 aliphatic heterocycles. The summed E-state index contributed by atoms with van der Waals surface area (Å²) in [6, 6.07) is 12.1. The first kappa shape index (κ1) is 19.9. The van der Waals surface area contributed by atoms with E-state index in [1.807, 2.05) is 43.3 Å². The molecule has 26 heavy (non-hydrogen) atoms. The van der Waals surface area contributed by atoms with Crippen molar-refractivity contribution in [1.29, 1.82) is 0 Å². The van der Waals surface area contributed by atoms with Gasteiger partial charge >= 0.3 is 0 Å². The first-order valence-corrected chi connectivity index (χ1v) is 9.39. The number of hydrogen-bond donors (Lipinski definition) is 1. The fourth-order valence-electron chi connectivity index (χ4n) is 2.24. The molecule has 8 heteroatoms. The second-order valence-electron chi connectivity index (χ2n) is 6.05. The number of carbonyl (C=O) groups is 1. The number of carbonyl (C=O) groups excluding carboxylic acids is 1. The van der Waals surface area contributed by atoms with Gasteiger partial charge in [-0.1, -0.05) is 12.1 Å². The van der Waals surface area contributed by atoms with Gasteiger partial charge in [-0.2, -0.15) is 4.31 Å². The third-order valence-corrected chi connectivity index (χ3v) is 5.65. The lowest BCUT2D eigenvalue weighted by atomic mass is 10.2. The van der Waals surface area contributed by atoms with E-state index in [9.17, 15) is 17.6 Å². The van der Waals surface area contributed by atoms with Crippen molar-refractivity contribution in [1.82, 2.24) is 9.62 Å². The molecular formula is C18H22FN3O3S. The third kappa shape index (κ3) is 5.03. The van der Waals surface area contributed by atoms with E-state index < -0.39 is 21.7 Å². The van der Waals surface area contributed by atoms with Crippen LogP contribution in [-0.2, 0) is 21.4 Å². The minimum atomic E-state index is -3.85. The summed E-state index contributed by atoms with van der Waals surface area (Å²) in [7, 11) is 1.34. The van der Waals surface area contributed by atoms with Crippen LogP contribution in [0.25, 0.3) is 0 Å². The van der Waals surface area contributed by atoms with E-state index in [4.69, 9.17) is 0 Å². The number of halogens is 1. The van der Waals surface area contributed by atoms with Crippen LogP contribution < -0.4 is 10.2 Å². The highest BCUT2D eigenvalue weighted by Gasteiger charge is 2.22. The van der Waals surface area contributed by atoms with E-state index >= 15 is 0 Å². The molecule has 2 rings (SSSR count). The van der Waals surface area contributed by atoms with Crippen molar-refractivity contribution in [2.45, 2.75) is 11.4 Å². The average Bonchev–Trinajstić information content (AvgIpc) is 2.60. The van der Waals surface area contributed by atoms with E-state index in [0.717, 1.165) is 27.7 Å². The Bertz CT molecular complexity index is 850. The van der Waals surface area contributed by atoms with Crippen molar-refractivity contribution < 1.29 is 17.6 Å². The Balaban J connectivity index is 1.93. The van der Waals surface area contributed by atoms with E-state index in [1.165, 1.54) is 19.2 Å². The molecular weight excluding hydrogens is 357 g/mol. The van der Waals surface area contributed by atoms with Gasteiger partial charge in [0.1, 0.15) is 5.82 Å². The molecule has 0 aliphatic carbocycles. The van der Waals surface area contributed by atoms with Gasteiger partial charge in [0.2, 0.25) is 15.9 Å². The van der Waals surface area contributed by atoms with Gasteiger partial charge in [0, 0.05) is 33.4 Å². The lowest BCUT2D eigenvalue weighted by molar-refractivity contribution is -0.121. The van der Waals surface area contributed by atoms with E-state index in [2.05, 4.69) is 5.32 Å². The molecule has 140 valence electrons. The number of nitrogens with one attached hydrogen (secondary N) is 1. The van der Waals surface area contributed by atoms with Crippen molar-refractivity contribution in [3.05, 3.63) is 59.9 Å². The Labute approximate surface area is 153 Å². The van der Waals surface area contributed by atoms with E-state index in [-0.39, 0.29) is 11.4 Å². The standard InChI is InChI=1S/C18H22FN3O3S/c1-21(2)16-8-4-14(5-9-16)12-20-18(23)13-22(3)26(24,25)17-10-6-15(19)7-11-17/h4-11H,12-13H2,1-3H3,(H,20,23). The second kappa shape index (κ2) is 8.29. The number of hydrogen-bond acceptors (Lipinski definition) is 4. The zero-order valence-corrected chi connectivity index (χ0v) is 15.8. The highest BCUT2D eigenvalue weighted by Crippen LogP contribution is 2.15. The van der Waals surface area contributed by atoms with Gasteiger partial charge in [-0.3, -0.25) is 4.79 Å². The maximum absolute atomic E-state index is 12.9. The molecule has 0 bridgehead atoms. The molecule has 1 amide bonds. The van der Waals surface area contributed by atoms with Crippen LogP contribution in [0.3, 0.4) is 0 Å². The normalized spacial score (nSPS) is 11.4. The van der Waals surface area contributed by atoms with Crippen LogP contribution in [0.2, 0.25) is 0 Å². The van der Waals surface area contributed by atoms with Crippen LogP contribution in [0.4, 0.5) is 10.1 Å². The maximum atomic E-state index is 12.9. The van der Waals surface area contributed by atoms with Crippen molar-refractivity contribution in [3.63, 3.8) is 0 Å². The molecule has 0 atom stereocenters. The van der Waals surface area contributed by atoms with Gasteiger partial charge in [0.25, 0.3) is 0 Å². The highest BCUT2D eigenvalue weighted by atomic mass is 32.2. The minimum Gasteiger partial charge on any atom is -0.378 e. The van der Waals surface area contributed by atoms with Crippen LogP contribution in [0.1, 0.15) is 5.56 Å². The molecule has 0 fully saturated rings.